The van der Waals surface area contributed by atoms with E-state index in [0.717, 1.165) is 25.4 Å². The lowest BCUT2D eigenvalue weighted by Crippen LogP contribution is -2.33. The summed E-state index contributed by atoms with van der Waals surface area (Å²) in [6.07, 6.45) is 9.33. The molecule has 0 atom stereocenters. The Hall–Kier alpha value is -0.870. The van der Waals surface area contributed by atoms with Crippen LogP contribution in [0, 0.1) is 0 Å². The fourth-order valence-corrected chi connectivity index (χ4v) is 2.29. The van der Waals surface area contributed by atoms with Crippen molar-refractivity contribution in [2.24, 2.45) is 0 Å². The Morgan fingerprint density at radius 2 is 2.31 bits per heavy atom. The SMILES string of the molecule is COC1CC(n2cncc2CNC2CC2)C1. The fourth-order valence-electron chi connectivity index (χ4n) is 2.29. The van der Waals surface area contributed by atoms with Crippen LogP contribution in [0.1, 0.15) is 37.4 Å². The number of hydrogen-bond donors (Lipinski definition) is 1. The average molecular weight is 221 g/mol. The van der Waals surface area contributed by atoms with Crippen molar-refractivity contribution in [3.8, 4) is 0 Å². The predicted molar refractivity (Wildman–Crippen MR) is 61.2 cm³/mol. The third-order valence-electron chi connectivity index (χ3n) is 3.69. The second-order valence-electron chi connectivity index (χ2n) is 4.93. The molecule has 4 nitrogen and oxygen atoms in total. The molecule has 0 aromatic carbocycles. The van der Waals surface area contributed by atoms with Crippen LogP contribution in [0.3, 0.4) is 0 Å². The molecule has 0 saturated heterocycles. The van der Waals surface area contributed by atoms with Gasteiger partial charge >= 0.3 is 0 Å². The third kappa shape index (κ3) is 1.99. The molecule has 4 heteroatoms. The molecule has 2 aliphatic carbocycles. The van der Waals surface area contributed by atoms with Gasteiger partial charge in [0.05, 0.1) is 18.1 Å². The van der Waals surface area contributed by atoms with Gasteiger partial charge in [0.15, 0.2) is 0 Å². The predicted octanol–water partition coefficient (Wildman–Crippen LogP) is 1.49. The van der Waals surface area contributed by atoms with Crippen LogP contribution < -0.4 is 5.32 Å². The van der Waals surface area contributed by atoms with Gasteiger partial charge in [-0.15, -0.1) is 0 Å². The smallest absolute Gasteiger partial charge is 0.0951 e. The van der Waals surface area contributed by atoms with E-state index < -0.39 is 0 Å². The average Bonchev–Trinajstić information content (AvgIpc) is 2.95. The van der Waals surface area contributed by atoms with Crippen molar-refractivity contribution < 1.29 is 4.74 Å². The van der Waals surface area contributed by atoms with Gasteiger partial charge in [-0.3, -0.25) is 0 Å². The Balaban J connectivity index is 1.59. The summed E-state index contributed by atoms with van der Waals surface area (Å²) < 4.78 is 7.62. The van der Waals surface area contributed by atoms with Crippen molar-refractivity contribution in [1.82, 2.24) is 14.9 Å². The van der Waals surface area contributed by atoms with Gasteiger partial charge in [0.1, 0.15) is 0 Å². The maximum atomic E-state index is 5.31. The first-order valence-electron chi connectivity index (χ1n) is 6.13. The fraction of sp³-hybridized carbons (Fsp3) is 0.750. The van der Waals surface area contributed by atoms with Crippen molar-refractivity contribution in [1.29, 1.82) is 0 Å². The lowest BCUT2D eigenvalue weighted by molar-refractivity contribution is 0.00536. The summed E-state index contributed by atoms with van der Waals surface area (Å²) in [6.45, 7) is 0.957. The maximum Gasteiger partial charge on any atom is 0.0951 e. The van der Waals surface area contributed by atoms with Gasteiger partial charge in [-0.1, -0.05) is 0 Å². The monoisotopic (exact) mass is 221 g/mol. The van der Waals surface area contributed by atoms with E-state index in [4.69, 9.17) is 4.74 Å². The van der Waals surface area contributed by atoms with Gasteiger partial charge in [0.25, 0.3) is 0 Å². The van der Waals surface area contributed by atoms with E-state index >= 15 is 0 Å². The summed E-state index contributed by atoms with van der Waals surface area (Å²) in [5, 5.41) is 3.54. The van der Waals surface area contributed by atoms with Crippen LogP contribution in [-0.4, -0.2) is 28.8 Å². The molecule has 0 unspecified atom stereocenters. The molecule has 2 saturated carbocycles. The Morgan fingerprint density at radius 3 is 3.00 bits per heavy atom. The van der Waals surface area contributed by atoms with E-state index in [1.54, 1.807) is 7.11 Å². The molecule has 1 heterocycles. The van der Waals surface area contributed by atoms with Crippen LogP contribution in [0.15, 0.2) is 12.5 Å². The highest BCUT2D eigenvalue weighted by molar-refractivity contribution is 5.04. The van der Waals surface area contributed by atoms with Crippen molar-refractivity contribution >= 4 is 0 Å². The first kappa shape index (κ1) is 10.3. The summed E-state index contributed by atoms with van der Waals surface area (Å²) in [6, 6.07) is 1.36. The first-order valence-corrected chi connectivity index (χ1v) is 6.13. The minimum Gasteiger partial charge on any atom is -0.381 e. The third-order valence-corrected chi connectivity index (χ3v) is 3.69. The number of imidazole rings is 1. The van der Waals surface area contributed by atoms with Crippen LogP contribution in [0.4, 0.5) is 0 Å². The second-order valence-corrected chi connectivity index (χ2v) is 4.93. The van der Waals surface area contributed by atoms with E-state index in [9.17, 15) is 0 Å². The number of hydrogen-bond acceptors (Lipinski definition) is 3. The zero-order valence-corrected chi connectivity index (χ0v) is 9.72. The topological polar surface area (TPSA) is 39.1 Å². The highest BCUT2D eigenvalue weighted by Gasteiger charge is 2.31. The summed E-state index contributed by atoms with van der Waals surface area (Å²) >= 11 is 0. The molecule has 1 N–H and O–H groups in total. The molecule has 2 fully saturated rings. The molecule has 1 aromatic rings. The highest BCUT2D eigenvalue weighted by atomic mass is 16.5. The molecule has 0 aliphatic heterocycles. The lowest BCUT2D eigenvalue weighted by atomic mass is 9.89. The number of ether oxygens (including phenoxy) is 1. The van der Waals surface area contributed by atoms with E-state index in [0.29, 0.717) is 12.1 Å². The van der Waals surface area contributed by atoms with Crippen LogP contribution in [0.5, 0.6) is 0 Å². The Kier molecular flexibility index (Phi) is 2.69. The van der Waals surface area contributed by atoms with E-state index in [2.05, 4.69) is 14.9 Å². The van der Waals surface area contributed by atoms with Gasteiger partial charge in [-0.05, 0) is 25.7 Å². The largest absolute Gasteiger partial charge is 0.381 e. The zero-order chi connectivity index (χ0) is 11.0. The summed E-state index contributed by atoms with van der Waals surface area (Å²) in [5.74, 6) is 0. The number of rotatable bonds is 5. The van der Waals surface area contributed by atoms with Crippen molar-refractivity contribution in [3.63, 3.8) is 0 Å². The van der Waals surface area contributed by atoms with Crippen molar-refractivity contribution in [3.05, 3.63) is 18.2 Å². The van der Waals surface area contributed by atoms with E-state index in [1.807, 2.05) is 12.5 Å². The van der Waals surface area contributed by atoms with Crippen LogP contribution in [0.25, 0.3) is 0 Å². The molecule has 0 spiro atoms. The maximum absolute atomic E-state index is 5.31. The van der Waals surface area contributed by atoms with Crippen LogP contribution in [0.2, 0.25) is 0 Å². The molecular weight excluding hydrogens is 202 g/mol. The minimum absolute atomic E-state index is 0.455. The molecule has 1 aromatic heterocycles. The summed E-state index contributed by atoms with van der Waals surface area (Å²) in [4.78, 5) is 4.26. The standard InChI is InChI=1S/C12H19N3O/c1-16-12-4-10(5-12)15-8-13-6-11(15)7-14-9-2-3-9/h6,8-10,12,14H,2-5,7H2,1H3. The number of nitrogens with one attached hydrogen (secondary N) is 1. The van der Waals surface area contributed by atoms with Crippen molar-refractivity contribution in [2.45, 2.75) is 50.4 Å². The summed E-state index contributed by atoms with van der Waals surface area (Å²) in [5.41, 5.74) is 1.31. The van der Waals surface area contributed by atoms with Gasteiger partial charge < -0.3 is 14.6 Å². The number of nitrogens with zero attached hydrogens (tertiary/aromatic N) is 2. The first-order chi connectivity index (χ1) is 7.86. The molecule has 2 aliphatic rings. The van der Waals surface area contributed by atoms with Crippen molar-refractivity contribution in [2.75, 3.05) is 7.11 Å². The highest BCUT2D eigenvalue weighted by Crippen LogP contribution is 2.34. The van der Waals surface area contributed by atoms with E-state index in [1.165, 1.54) is 18.5 Å². The second kappa shape index (κ2) is 4.18. The Bertz CT molecular complexity index is 353. The number of aromatic nitrogens is 2. The zero-order valence-electron chi connectivity index (χ0n) is 9.72. The van der Waals surface area contributed by atoms with Gasteiger partial charge in [0, 0.05) is 31.9 Å². The van der Waals surface area contributed by atoms with Gasteiger partial charge in [-0.25, -0.2) is 4.98 Å². The van der Waals surface area contributed by atoms with Crippen LogP contribution >= 0.6 is 0 Å². The molecule has 3 rings (SSSR count). The van der Waals surface area contributed by atoms with E-state index in [-0.39, 0.29) is 0 Å². The quantitative estimate of drug-likeness (QED) is 0.818. The lowest BCUT2D eigenvalue weighted by Gasteiger charge is -2.35. The summed E-state index contributed by atoms with van der Waals surface area (Å²) in [7, 11) is 1.80. The minimum atomic E-state index is 0.455. The molecule has 0 amide bonds. The molecule has 0 radical (unpaired) electrons. The normalized spacial score (nSPS) is 29.1. The molecular formula is C12H19N3O. The van der Waals surface area contributed by atoms with Gasteiger partial charge in [0.2, 0.25) is 0 Å². The van der Waals surface area contributed by atoms with Crippen LogP contribution in [-0.2, 0) is 11.3 Å². The molecule has 16 heavy (non-hydrogen) atoms. The number of methoxy groups -OCH3 is 1. The Labute approximate surface area is 96.0 Å². The van der Waals surface area contributed by atoms with Gasteiger partial charge in [-0.2, -0.15) is 0 Å². The Morgan fingerprint density at radius 1 is 1.50 bits per heavy atom. The molecule has 0 bridgehead atoms. The molecule has 88 valence electrons.